The van der Waals surface area contributed by atoms with Gasteiger partial charge in [-0.3, -0.25) is 0 Å². The Morgan fingerprint density at radius 1 is 1.05 bits per heavy atom. The highest BCUT2D eigenvalue weighted by molar-refractivity contribution is 9.10. The summed E-state index contributed by atoms with van der Waals surface area (Å²) in [6.45, 7) is -0.0471. The molecule has 2 rings (SSSR count). The number of hydrogen-bond acceptors (Lipinski definition) is 2. The molecule has 0 aliphatic heterocycles. The second-order valence-electron chi connectivity index (χ2n) is 4.39. The third-order valence-corrected chi connectivity index (χ3v) is 3.36. The predicted molar refractivity (Wildman–Crippen MR) is 75.8 cm³/mol. The summed E-state index contributed by atoms with van der Waals surface area (Å²) in [7, 11) is 0. The summed E-state index contributed by atoms with van der Waals surface area (Å²) in [6, 6.07) is 9.98. The highest BCUT2D eigenvalue weighted by atomic mass is 79.9. The summed E-state index contributed by atoms with van der Waals surface area (Å²) in [5, 5.41) is 9.24. The van der Waals surface area contributed by atoms with Gasteiger partial charge in [-0.1, -0.05) is 28.1 Å². The van der Waals surface area contributed by atoms with Gasteiger partial charge in [0.1, 0.15) is 12.4 Å². The van der Waals surface area contributed by atoms with Crippen LogP contribution in [-0.2, 0) is 19.4 Å². The molecule has 0 saturated carbocycles. The highest BCUT2D eigenvalue weighted by Gasteiger charge is 2.29. The minimum Gasteiger partial charge on any atom is -0.489 e. The summed E-state index contributed by atoms with van der Waals surface area (Å²) in [5.41, 5.74) is 0.539. The number of aliphatic hydroxyl groups excluding tert-OH is 1. The first-order valence-electron chi connectivity index (χ1n) is 6.08. The lowest BCUT2D eigenvalue weighted by Crippen LogP contribution is -2.05. The van der Waals surface area contributed by atoms with Gasteiger partial charge >= 0.3 is 6.18 Å². The van der Waals surface area contributed by atoms with Crippen LogP contribution in [-0.4, -0.2) is 5.11 Å². The topological polar surface area (TPSA) is 29.5 Å². The predicted octanol–water partition coefficient (Wildman–Crippen LogP) is 4.54. The first-order chi connectivity index (χ1) is 9.90. The molecule has 2 aromatic rings. The van der Waals surface area contributed by atoms with E-state index in [4.69, 9.17) is 4.74 Å². The van der Waals surface area contributed by atoms with Gasteiger partial charge in [0.15, 0.2) is 0 Å². The SMILES string of the molecule is OCc1cc(Br)ccc1OCc1ccc(C(F)(F)F)cc1. The van der Waals surface area contributed by atoms with Crippen molar-refractivity contribution in [3.63, 3.8) is 0 Å². The van der Waals surface area contributed by atoms with Gasteiger partial charge in [0.05, 0.1) is 12.2 Å². The van der Waals surface area contributed by atoms with Crippen molar-refractivity contribution in [2.75, 3.05) is 0 Å². The van der Waals surface area contributed by atoms with E-state index < -0.39 is 11.7 Å². The molecule has 21 heavy (non-hydrogen) atoms. The van der Waals surface area contributed by atoms with Crippen LogP contribution in [0.1, 0.15) is 16.7 Å². The van der Waals surface area contributed by atoms with Gasteiger partial charge in [0.25, 0.3) is 0 Å². The number of rotatable bonds is 4. The van der Waals surface area contributed by atoms with Crippen molar-refractivity contribution in [3.05, 3.63) is 63.6 Å². The van der Waals surface area contributed by atoms with Crippen LogP contribution in [0.15, 0.2) is 46.9 Å². The molecule has 0 atom stereocenters. The molecule has 0 radical (unpaired) electrons. The monoisotopic (exact) mass is 360 g/mol. The van der Waals surface area contributed by atoms with Gasteiger partial charge in [-0.2, -0.15) is 13.2 Å². The average Bonchev–Trinajstić information content (AvgIpc) is 2.45. The van der Waals surface area contributed by atoms with Crippen LogP contribution in [0.3, 0.4) is 0 Å². The van der Waals surface area contributed by atoms with Crippen molar-refractivity contribution in [2.24, 2.45) is 0 Å². The molecule has 2 nitrogen and oxygen atoms in total. The first-order valence-corrected chi connectivity index (χ1v) is 6.87. The lowest BCUT2D eigenvalue weighted by Gasteiger charge is -2.11. The third-order valence-electron chi connectivity index (χ3n) is 2.87. The van der Waals surface area contributed by atoms with Crippen LogP contribution < -0.4 is 4.74 Å². The Hall–Kier alpha value is -1.53. The van der Waals surface area contributed by atoms with E-state index in [9.17, 15) is 18.3 Å². The van der Waals surface area contributed by atoms with E-state index in [2.05, 4.69) is 15.9 Å². The zero-order valence-corrected chi connectivity index (χ0v) is 12.4. The summed E-state index contributed by atoms with van der Waals surface area (Å²) in [4.78, 5) is 0. The molecule has 112 valence electrons. The molecule has 2 aromatic carbocycles. The maximum absolute atomic E-state index is 12.4. The Labute approximate surface area is 128 Å². The van der Waals surface area contributed by atoms with E-state index in [1.165, 1.54) is 12.1 Å². The zero-order valence-electron chi connectivity index (χ0n) is 10.8. The summed E-state index contributed by atoms with van der Waals surface area (Å²) < 4.78 is 43.7. The highest BCUT2D eigenvalue weighted by Crippen LogP contribution is 2.29. The minimum atomic E-state index is -4.34. The molecule has 1 N–H and O–H groups in total. The van der Waals surface area contributed by atoms with E-state index in [0.717, 1.165) is 16.6 Å². The second-order valence-corrected chi connectivity index (χ2v) is 5.31. The number of alkyl halides is 3. The van der Waals surface area contributed by atoms with E-state index >= 15 is 0 Å². The Bertz CT molecular complexity index is 609. The number of ether oxygens (including phenoxy) is 1. The van der Waals surface area contributed by atoms with Gasteiger partial charge in [0, 0.05) is 10.0 Å². The Morgan fingerprint density at radius 3 is 2.29 bits per heavy atom. The zero-order chi connectivity index (χ0) is 15.5. The van der Waals surface area contributed by atoms with Crippen LogP contribution in [0, 0.1) is 0 Å². The molecule has 0 heterocycles. The first kappa shape index (κ1) is 15.9. The number of aliphatic hydroxyl groups is 1. The van der Waals surface area contributed by atoms with Crippen LogP contribution in [0.4, 0.5) is 13.2 Å². The van der Waals surface area contributed by atoms with Gasteiger partial charge in [-0.05, 0) is 35.9 Å². The molecule has 0 saturated heterocycles. The molecule has 0 aliphatic carbocycles. The second kappa shape index (κ2) is 6.49. The van der Waals surface area contributed by atoms with Crippen molar-refractivity contribution in [1.82, 2.24) is 0 Å². The number of halogens is 4. The molecule has 6 heteroatoms. The molecule has 0 fully saturated rings. The van der Waals surface area contributed by atoms with Gasteiger partial charge < -0.3 is 9.84 Å². The van der Waals surface area contributed by atoms with Crippen molar-refractivity contribution in [3.8, 4) is 5.75 Å². The average molecular weight is 361 g/mol. The fourth-order valence-corrected chi connectivity index (χ4v) is 2.17. The van der Waals surface area contributed by atoms with Crippen LogP contribution in [0.5, 0.6) is 5.75 Å². The number of benzene rings is 2. The fourth-order valence-electron chi connectivity index (χ4n) is 1.76. The molecule has 0 spiro atoms. The third kappa shape index (κ3) is 4.22. The molecule has 0 bridgehead atoms. The lowest BCUT2D eigenvalue weighted by molar-refractivity contribution is -0.137. The van der Waals surface area contributed by atoms with Crippen LogP contribution >= 0.6 is 15.9 Å². The quantitative estimate of drug-likeness (QED) is 0.867. The molecule has 0 aliphatic rings. The van der Waals surface area contributed by atoms with Crippen molar-refractivity contribution in [1.29, 1.82) is 0 Å². The molecular weight excluding hydrogens is 349 g/mol. The normalized spacial score (nSPS) is 11.5. The van der Waals surface area contributed by atoms with Gasteiger partial charge in [-0.25, -0.2) is 0 Å². The molecule has 0 unspecified atom stereocenters. The maximum Gasteiger partial charge on any atom is 0.416 e. The Morgan fingerprint density at radius 2 is 1.71 bits per heavy atom. The summed E-state index contributed by atoms with van der Waals surface area (Å²) in [5.74, 6) is 0.501. The largest absolute Gasteiger partial charge is 0.489 e. The Kier molecular flexibility index (Phi) is 4.90. The molecule has 0 amide bonds. The standard InChI is InChI=1S/C15H12BrF3O2/c16-13-5-6-14(11(7-13)8-20)21-9-10-1-3-12(4-2-10)15(17,18)19/h1-7,20H,8-9H2. The molecular formula is C15H12BrF3O2. The minimum absolute atomic E-state index is 0.132. The van der Waals surface area contributed by atoms with Crippen molar-refractivity contribution < 1.29 is 23.0 Å². The lowest BCUT2D eigenvalue weighted by atomic mass is 10.1. The number of hydrogen-bond donors (Lipinski definition) is 1. The van der Waals surface area contributed by atoms with E-state index in [1.807, 2.05) is 0 Å². The maximum atomic E-state index is 12.4. The smallest absolute Gasteiger partial charge is 0.416 e. The van der Waals surface area contributed by atoms with E-state index in [0.29, 0.717) is 16.9 Å². The van der Waals surface area contributed by atoms with Gasteiger partial charge in [-0.15, -0.1) is 0 Å². The fraction of sp³-hybridized carbons (Fsp3) is 0.200. The van der Waals surface area contributed by atoms with E-state index in [-0.39, 0.29) is 13.2 Å². The molecule has 0 aromatic heterocycles. The summed E-state index contributed by atoms with van der Waals surface area (Å²) >= 11 is 3.29. The summed E-state index contributed by atoms with van der Waals surface area (Å²) in [6.07, 6.45) is -4.34. The van der Waals surface area contributed by atoms with Gasteiger partial charge in [0.2, 0.25) is 0 Å². The van der Waals surface area contributed by atoms with E-state index in [1.54, 1.807) is 18.2 Å². The Balaban J connectivity index is 2.07. The van der Waals surface area contributed by atoms with Crippen LogP contribution in [0.25, 0.3) is 0 Å². The van der Waals surface area contributed by atoms with Crippen molar-refractivity contribution >= 4 is 15.9 Å². The van der Waals surface area contributed by atoms with Crippen molar-refractivity contribution in [2.45, 2.75) is 19.4 Å². The van der Waals surface area contributed by atoms with Crippen LogP contribution in [0.2, 0.25) is 0 Å².